The second-order valence-corrected chi connectivity index (χ2v) is 7.23. The lowest BCUT2D eigenvalue weighted by molar-refractivity contribution is 0.614. The number of aromatic amines is 2. The number of rotatable bonds is 4. The van der Waals surface area contributed by atoms with E-state index in [1.165, 1.54) is 16.0 Å². The van der Waals surface area contributed by atoms with Crippen LogP contribution in [0.25, 0.3) is 21.3 Å². The van der Waals surface area contributed by atoms with E-state index >= 15 is 0 Å². The van der Waals surface area contributed by atoms with Gasteiger partial charge in [-0.1, -0.05) is 0 Å². The van der Waals surface area contributed by atoms with Gasteiger partial charge in [0.2, 0.25) is 0 Å². The fourth-order valence-electron chi connectivity index (χ4n) is 3.13. The first-order valence-electron chi connectivity index (χ1n) is 8.11. The van der Waals surface area contributed by atoms with Gasteiger partial charge in [0.25, 0.3) is 5.56 Å². The van der Waals surface area contributed by atoms with Crippen LogP contribution in [0.3, 0.4) is 0 Å². The van der Waals surface area contributed by atoms with Gasteiger partial charge in [0.1, 0.15) is 10.5 Å². The number of nitrogens with one attached hydrogen (secondary N) is 2. The number of fused-ring (bicyclic) bond motifs is 3. The van der Waals surface area contributed by atoms with Crippen molar-refractivity contribution in [2.24, 2.45) is 7.05 Å². The summed E-state index contributed by atoms with van der Waals surface area (Å²) in [6.07, 6.45) is 4.76. The van der Waals surface area contributed by atoms with Crippen LogP contribution < -0.4 is 5.56 Å². The van der Waals surface area contributed by atoms with Crippen molar-refractivity contribution >= 4 is 32.6 Å². The Morgan fingerprint density at radius 1 is 1.26 bits per heavy atom. The van der Waals surface area contributed by atoms with Gasteiger partial charge in [0, 0.05) is 25.1 Å². The summed E-state index contributed by atoms with van der Waals surface area (Å²) in [5.74, 6) is -0.387. The fourth-order valence-corrected chi connectivity index (χ4v) is 4.25. The summed E-state index contributed by atoms with van der Waals surface area (Å²) in [4.78, 5) is 17.5. The van der Waals surface area contributed by atoms with Crippen LogP contribution in [0.2, 0.25) is 0 Å². The van der Waals surface area contributed by atoms with E-state index in [0.717, 1.165) is 27.0 Å². The molecule has 0 aliphatic carbocycles. The molecule has 2 N–H and O–H groups in total. The lowest BCUT2D eigenvalue weighted by Gasteiger charge is -2.03. The Morgan fingerprint density at radius 3 is 2.89 bits per heavy atom. The number of hydrogen-bond donors (Lipinski definition) is 2. The van der Waals surface area contributed by atoms with E-state index in [9.17, 15) is 9.18 Å². The van der Waals surface area contributed by atoms with Crippen molar-refractivity contribution in [3.63, 3.8) is 0 Å². The molecule has 0 radical (unpaired) electrons. The third-order valence-electron chi connectivity index (χ3n) is 4.44. The summed E-state index contributed by atoms with van der Waals surface area (Å²) in [5.41, 5.74) is 2.21. The number of H-pyrrole nitrogens is 2. The highest BCUT2D eigenvalue weighted by molar-refractivity contribution is 7.19. The molecule has 0 aromatic carbocycles. The SMILES string of the molecule is Cn1c2nc(Cc3[nH]ncc3F)sc2c2cnn(Cc3ccn[nH]3)c(=O)c21. The number of thiazole rings is 1. The van der Waals surface area contributed by atoms with Gasteiger partial charge in [0.05, 0.1) is 35.0 Å². The molecule has 0 aliphatic heterocycles. The lowest BCUT2D eigenvalue weighted by atomic mass is 10.3. The summed E-state index contributed by atoms with van der Waals surface area (Å²) in [7, 11) is 1.80. The molecule has 11 heteroatoms. The monoisotopic (exact) mass is 384 g/mol. The van der Waals surface area contributed by atoms with Crippen LogP contribution in [0.1, 0.15) is 16.4 Å². The van der Waals surface area contributed by atoms with Crippen molar-refractivity contribution in [1.82, 2.24) is 39.7 Å². The second-order valence-electron chi connectivity index (χ2n) is 6.14. The van der Waals surface area contributed by atoms with Gasteiger partial charge in [-0.3, -0.25) is 15.0 Å². The van der Waals surface area contributed by atoms with Crippen molar-refractivity contribution in [1.29, 1.82) is 0 Å². The number of aryl methyl sites for hydroxylation is 1. The number of nitrogens with zero attached hydrogens (tertiary/aromatic N) is 6. The van der Waals surface area contributed by atoms with E-state index in [4.69, 9.17) is 0 Å². The largest absolute Gasteiger partial charge is 0.323 e. The van der Waals surface area contributed by atoms with Gasteiger partial charge >= 0.3 is 0 Å². The third kappa shape index (κ3) is 2.46. The van der Waals surface area contributed by atoms with E-state index in [1.54, 1.807) is 30.1 Å². The fraction of sp³-hybridized carbons (Fsp3) is 0.188. The zero-order chi connectivity index (χ0) is 18.5. The minimum atomic E-state index is -0.387. The predicted molar refractivity (Wildman–Crippen MR) is 97.2 cm³/mol. The van der Waals surface area contributed by atoms with Crippen LogP contribution in [0, 0.1) is 5.82 Å². The first-order chi connectivity index (χ1) is 13.1. The van der Waals surface area contributed by atoms with E-state index < -0.39 is 0 Å². The first-order valence-corrected chi connectivity index (χ1v) is 8.93. The highest BCUT2D eigenvalue weighted by Gasteiger charge is 2.19. The molecule has 5 rings (SSSR count). The number of aromatic nitrogens is 8. The molecular weight excluding hydrogens is 371 g/mol. The van der Waals surface area contributed by atoms with Gasteiger partial charge in [0.15, 0.2) is 11.5 Å². The summed E-state index contributed by atoms with van der Waals surface area (Å²) < 4.78 is 17.6. The smallest absolute Gasteiger partial charge is 0.291 e. The molecule has 0 unspecified atom stereocenters. The van der Waals surface area contributed by atoms with E-state index in [0.29, 0.717) is 29.8 Å². The molecule has 0 saturated heterocycles. The molecule has 136 valence electrons. The highest BCUT2D eigenvalue weighted by Crippen LogP contribution is 2.31. The Kier molecular flexibility index (Phi) is 3.44. The molecule has 5 aromatic rings. The van der Waals surface area contributed by atoms with Crippen molar-refractivity contribution < 1.29 is 4.39 Å². The van der Waals surface area contributed by atoms with Crippen LogP contribution >= 0.6 is 11.3 Å². The van der Waals surface area contributed by atoms with Gasteiger partial charge in [-0.05, 0) is 6.07 Å². The Hall–Kier alpha value is -3.34. The maximum Gasteiger partial charge on any atom is 0.291 e. The maximum absolute atomic E-state index is 13.6. The molecule has 0 saturated carbocycles. The van der Waals surface area contributed by atoms with Crippen LogP contribution in [-0.4, -0.2) is 39.7 Å². The minimum absolute atomic E-state index is 0.198. The average Bonchev–Trinajstić information content (AvgIpc) is 3.41. The van der Waals surface area contributed by atoms with Crippen molar-refractivity contribution in [3.05, 3.63) is 57.2 Å². The topological polar surface area (TPSA) is 110 Å². The standard InChI is InChI=1S/C16H13FN8OS/c1-24-13-9(5-20-25(16(13)26)7-8-2-3-18-22-8)14-15(24)21-12(27-14)4-11-10(17)6-19-23-11/h2-3,5-6H,4,7H2,1H3,(H,18,22)(H,19,23). The van der Waals surface area contributed by atoms with Gasteiger partial charge < -0.3 is 4.57 Å². The van der Waals surface area contributed by atoms with E-state index in [1.807, 2.05) is 0 Å². The molecule has 0 fully saturated rings. The molecule has 5 aromatic heterocycles. The van der Waals surface area contributed by atoms with Crippen molar-refractivity contribution in [2.75, 3.05) is 0 Å². The molecular formula is C16H13FN8OS. The van der Waals surface area contributed by atoms with Crippen LogP contribution in [-0.2, 0) is 20.0 Å². The van der Waals surface area contributed by atoms with Crippen molar-refractivity contribution in [3.8, 4) is 0 Å². The Morgan fingerprint density at radius 2 is 2.15 bits per heavy atom. The van der Waals surface area contributed by atoms with Crippen LogP contribution in [0.15, 0.2) is 29.5 Å². The molecule has 0 amide bonds. The van der Waals surface area contributed by atoms with Gasteiger partial charge in [-0.2, -0.15) is 15.3 Å². The van der Waals surface area contributed by atoms with Crippen LogP contribution in [0.5, 0.6) is 0 Å². The zero-order valence-electron chi connectivity index (χ0n) is 14.1. The van der Waals surface area contributed by atoms with Gasteiger partial charge in [-0.15, -0.1) is 11.3 Å². The summed E-state index contributed by atoms with van der Waals surface area (Å²) in [5, 5.41) is 18.8. The summed E-state index contributed by atoms with van der Waals surface area (Å²) in [6, 6.07) is 1.80. The Bertz CT molecular complexity index is 1330. The summed E-state index contributed by atoms with van der Waals surface area (Å²) >= 11 is 1.42. The molecule has 5 heterocycles. The Labute approximate surface area is 154 Å². The zero-order valence-corrected chi connectivity index (χ0v) is 14.9. The molecule has 9 nitrogen and oxygen atoms in total. The lowest BCUT2D eigenvalue weighted by Crippen LogP contribution is -2.24. The number of halogens is 1. The van der Waals surface area contributed by atoms with Crippen molar-refractivity contribution in [2.45, 2.75) is 13.0 Å². The van der Waals surface area contributed by atoms with E-state index in [-0.39, 0.29) is 11.4 Å². The van der Waals surface area contributed by atoms with Crippen LogP contribution in [0.4, 0.5) is 4.39 Å². The first kappa shape index (κ1) is 15.9. The quantitative estimate of drug-likeness (QED) is 0.489. The normalized spacial score (nSPS) is 11.8. The van der Waals surface area contributed by atoms with Gasteiger partial charge in [-0.25, -0.2) is 14.1 Å². The molecule has 0 atom stereocenters. The number of hydrogen-bond acceptors (Lipinski definition) is 6. The second kappa shape index (κ2) is 5.84. The van der Waals surface area contributed by atoms with E-state index in [2.05, 4.69) is 30.5 Å². The molecule has 0 bridgehead atoms. The third-order valence-corrected chi connectivity index (χ3v) is 5.52. The predicted octanol–water partition coefficient (Wildman–Crippen LogP) is 1.57. The molecule has 0 spiro atoms. The average molecular weight is 384 g/mol. The maximum atomic E-state index is 13.6. The molecule has 27 heavy (non-hydrogen) atoms. The molecule has 0 aliphatic rings. The highest BCUT2D eigenvalue weighted by atomic mass is 32.1. The summed E-state index contributed by atoms with van der Waals surface area (Å²) in [6.45, 7) is 0.311. The Balaban J connectivity index is 1.61. The minimum Gasteiger partial charge on any atom is -0.323 e.